The summed E-state index contributed by atoms with van der Waals surface area (Å²) in [6, 6.07) is 6.87. The van der Waals surface area contributed by atoms with Gasteiger partial charge in [-0.05, 0) is 29.0 Å². The van der Waals surface area contributed by atoms with Crippen LogP contribution >= 0.6 is 22.9 Å². The molecular weight excluding hydrogens is 224 g/mol. The number of hydrogen-bond acceptors (Lipinski definition) is 4. The molecule has 0 bridgehead atoms. The Morgan fingerprint density at radius 2 is 2.33 bits per heavy atom. The lowest BCUT2D eigenvalue weighted by Crippen LogP contribution is -2.21. The predicted molar refractivity (Wildman–Crippen MR) is 67.4 cm³/mol. The third kappa shape index (κ3) is 2.87. The highest BCUT2D eigenvalue weighted by atomic mass is 32.1. The summed E-state index contributed by atoms with van der Waals surface area (Å²) >= 11 is 3.32. The Hall–Kier alpha value is -0.710. The lowest BCUT2D eigenvalue weighted by atomic mass is 10.3. The highest BCUT2D eigenvalue weighted by Crippen LogP contribution is 2.25. The predicted octanol–water partition coefficient (Wildman–Crippen LogP) is 3.37. The third-order valence-electron chi connectivity index (χ3n) is 2.02. The van der Waals surface area contributed by atoms with Gasteiger partial charge in [-0.2, -0.15) is 4.37 Å². The van der Waals surface area contributed by atoms with E-state index in [4.69, 9.17) is 0 Å². The molecule has 0 atom stereocenters. The van der Waals surface area contributed by atoms with Crippen LogP contribution in [-0.2, 0) is 6.54 Å². The van der Waals surface area contributed by atoms with E-state index in [0.29, 0.717) is 6.04 Å². The van der Waals surface area contributed by atoms with Gasteiger partial charge in [0, 0.05) is 17.5 Å². The first-order chi connectivity index (χ1) is 7.25. The van der Waals surface area contributed by atoms with Crippen molar-refractivity contribution in [2.24, 2.45) is 0 Å². The molecule has 1 N–H and O–H groups in total. The minimum atomic E-state index is 0.525. The van der Waals surface area contributed by atoms with E-state index in [9.17, 15) is 0 Å². The average molecular weight is 238 g/mol. The van der Waals surface area contributed by atoms with Crippen LogP contribution in [0.5, 0.6) is 0 Å². The standard InChI is InChI=1S/C11H14N2S2/c1-8(2)12-7-9-6-10(13-15-9)11-4-3-5-14-11/h3-6,8,12H,7H2,1-2H3. The summed E-state index contributed by atoms with van der Waals surface area (Å²) in [7, 11) is 0. The van der Waals surface area contributed by atoms with Crippen molar-refractivity contribution >= 4 is 22.9 Å². The molecule has 2 rings (SSSR count). The largest absolute Gasteiger partial charge is 0.310 e. The lowest BCUT2D eigenvalue weighted by Gasteiger charge is -2.04. The number of nitrogens with one attached hydrogen (secondary N) is 1. The monoisotopic (exact) mass is 238 g/mol. The van der Waals surface area contributed by atoms with E-state index >= 15 is 0 Å². The highest BCUT2D eigenvalue weighted by Gasteiger charge is 2.05. The second-order valence-corrected chi connectivity index (χ2v) is 5.53. The minimum Gasteiger partial charge on any atom is -0.310 e. The molecule has 0 spiro atoms. The fourth-order valence-corrected chi connectivity index (χ4v) is 2.66. The minimum absolute atomic E-state index is 0.525. The Labute approximate surface area is 98.1 Å². The van der Waals surface area contributed by atoms with Gasteiger partial charge in [0.05, 0.1) is 10.6 Å². The van der Waals surface area contributed by atoms with Crippen molar-refractivity contribution in [3.8, 4) is 10.6 Å². The fraction of sp³-hybridized carbons (Fsp3) is 0.364. The van der Waals surface area contributed by atoms with E-state index in [0.717, 1.165) is 12.2 Å². The van der Waals surface area contributed by atoms with Crippen molar-refractivity contribution in [1.29, 1.82) is 0 Å². The van der Waals surface area contributed by atoms with Gasteiger partial charge in [0.1, 0.15) is 0 Å². The van der Waals surface area contributed by atoms with Crippen LogP contribution in [0.2, 0.25) is 0 Å². The summed E-state index contributed by atoms with van der Waals surface area (Å²) < 4.78 is 4.45. The van der Waals surface area contributed by atoms with Gasteiger partial charge in [0.15, 0.2) is 0 Å². The van der Waals surface area contributed by atoms with Crippen molar-refractivity contribution in [1.82, 2.24) is 9.69 Å². The van der Waals surface area contributed by atoms with Crippen LogP contribution in [0.15, 0.2) is 23.6 Å². The van der Waals surface area contributed by atoms with Gasteiger partial charge >= 0.3 is 0 Å². The normalized spacial score (nSPS) is 11.1. The Bertz CT molecular complexity index is 404. The molecule has 0 fully saturated rings. The van der Waals surface area contributed by atoms with E-state index in [1.165, 1.54) is 9.75 Å². The molecule has 2 nitrogen and oxygen atoms in total. The quantitative estimate of drug-likeness (QED) is 0.883. The van der Waals surface area contributed by atoms with Crippen LogP contribution < -0.4 is 5.32 Å². The SMILES string of the molecule is CC(C)NCc1cc(-c2cccs2)ns1. The third-order valence-corrected chi connectivity index (χ3v) is 3.69. The number of hydrogen-bond donors (Lipinski definition) is 1. The van der Waals surface area contributed by atoms with E-state index in [2.05, 4.69) is 47.1 Å². The summed E-state index contributed by atoms with van der Waals surface area (Å²) in [5.74, 6) is 0. The molecule has 2 aromatic rings. The lowest BCUT2D eigenvalue weighted by molar-refractivity contribution is 0.593. The molecule has 0 aromatic carbocycles. The highest BCUT2D eigenvalue weighted by molar-refractivity contribution is 7.13. The zero-order chi connectivity index (χ0) is 10.7. The summed E-state index contributed by atoms with van der Waals surface area (Å²) in [5, 5.41) is 5.48. The summed E-state index contributed by atoms with van der Waals surface area (Å²) in [4.78, 5) is 2.55. The summed E-state index contributed by atoms with van der Waals surface area (Å²) in [5.41, 5.74) is 1.11. The van der Waals surface area contributed by atoms with Gasteiger partial charge in [-0.25, -0.2) is 0 Å². The zero-order valence-corrected chi connectivity index (χ0v) is 10.5. The second-order valence-electron chi connectivity index (χ2n) is 3.69. The molecule has 2 aromatic heterocycles. The number of thiophene rings is 1. The maximum atomic E-state index is 4.45. The van der Waals surface area contributed by atoms with Crippen LogP contribution in [0.4, 0.5) is 0 Å². The molecule has 0 aliphatic rings. The van der Waals surface area contributed by atoms with Gasteiger partial charge in [-0.15, -0.1) is 11.3 Å². The molecule has 4 heteroatoms. The first-order valence-electron chi connectivity index (χ1n) is 4.98. The Morgan fingerprint density at radius 3 is 3.00 bits per heavy atom. The fourth-order valence-electron chi connectivity index (χ4n) is 1.24. The summed E-state index contributed by atoms with van der Waals surface area (Å²) in [6.07, 6.45) is 0. The average Bonchev–Trinajstić information content (AvgIpc) is 2.85. The smallest absolute Gasteiger partial charge is 0.0943 e. The molecule has 2 heterocycles. The maximum Gasteiger partial charge on any atom is 0.0943 e. The van der Waals surface area contributed by atoms with Crippen molar-refractivity contribution < 1.29 is 0 Å². The van der Waals surface area contributed by atoms with Gasteiger partial charge in [0.2, 0.25) is 0 Å². The molecule has 0 saturated heterocycles. The topological polar surface area (TPSA) is 24.9 Å². The molecule has 15 heavy (non-hydrogen) atoms. The van der Waals surface area contributed by atoms with E-state index in [1.54, 1.807) is 22.9 Å². The second kappa shape index (κ2) is 4.88. The van der Waals surface area contributed by atoms with Crippen LogP contribution in [0.3, 0.4) is 0 Å². The molecule has 0 amide bonds. The molecule has 0 radical (unpaired) electrons. The van der Waals surface area contributed by atoms with Gasteiger partial charge < -0.3 is 5.32 Å². The van der Waals surface area contributed by atoms with Crippen LogP contribution in [0, 0.1) is 0 Å². The van der Waals surface area contributed by atoms with Gasteiger partial charge in [-0.1, -0.05) is 19.9 Å². The molecule has 0 unspecified atom stereocenters. The molecular formula is C11H14N2S2. The van der Waals surface area contributed by atoms with Crippen LogP contribution in [0.1, 0.15) is 18.7 Å². The Kier molecular flexibility index (Phi) is 3.51. The van der Waals surface area contributed by atoms with Crippen molar-refractivity contribution in [2.45, 2.75) is 26.4 Å². The van der Waals surface area contributed by atoms with E-state index in [-0.39, 0.29) is 0 Å². The molecule has 0 aliphatic carbocycles. The van der Waals surface area contributed by atoms with Crippen molar-refractivity contribution in [2.75, 3.05) is 0 Å². The molecule has 0 aliphatic heterocycles. The maximum absolute atomic E-state index is 4.45. The molecule has 0 saturated carbocycles. The van der Waals surface area contributed by atoms with Gasteiger partial charge in [-0.3, -0.25) is 0 Å². The first kappa shape index (κ1) is 10.8. The van der Waals surface area contributed by atoms with Crippen LogP contribution in [0.25, 0.3) is 10.6 Å². The number of rotatable bonds is 4. The van der Waals surface area contributed by atoms with E-state index < -0.39 is 0 Å². The Balaban J connectivity index is 2.04. The number of nitrogens with zero attached hydrogens (tertiary/aromatic N) is 1. The number of aromatic nitrogens is 1. The Morgan fingerprint density at radius 1 is 1.47 bits per heavy atom. The van der Waals surface area contributed by atoms with E-state index in [1.807, 2.05) is 0 Å². The van der Waals surface area contributed by atoms with Crippen molar-refractivity contribution in [3.63, 3.8) is 0 Å². The van der Waals surface area contributed by atoms with Crippen molar-refractivity contribution in [3.05, 3.63) is 28.5 Å². The van der Waals surface area contributed by atoms with Gasteiger partial charge in [0.25, 0.3) is 0 Å². The first-order valence-corrected chi connectivity index (χ1v) is 6.64. The van der Waals surface area contributed by atoms with Crippen LogP contribution in [-0.4, -0.2) is 10.4 Å². The summed E-state index contributed by atoms with van der Waals surface area (Å²) in [6.45, 7) is 5.23. The zero-order valence-electron chi connectivity index (χ0n) is 8.86. The molecule has 80 valence electrons.